The summed E-state index contributed by atoms with van der Waals surface area (Å²) in [6.45, 7) is 0.667. The molecule has 1 rings (SSSR count). The quantitative estimate of drug-likeness (QED) is 0.648. The number of likely N-dealkylation sites (N-methyl/N-ethyl adjacent to an activating group) is 1. The molecule has 0 amide bonds. The highest BCUT2D eigenvalue weighted by molar-refractivity contribution is 7.86. The third kappa shape index (κ3) is 3.53. The fourth-order valence-electron chi connectivity index (χ4n) is 1.72. The third-order valence-electron chi connectivity index (χ3n) is 2.46. The zero-order valence-corrected chi connectivity index (χ0v) is 9.33. The lowest BCUT2D eigenvalue weighted by Crippen LogP contribution is -2.46. The second-order valence-corrected chi connectivity index (χ2v) is 5.38. The predicted molar refractivity (Wildman–Crippen MR) is 52.5 cm³/mol. The van der Waals surface area contributed by atoms with Gasteiger partial charge >= 0.3 is 0 Å². The monoisotopic (exact) mass is 223 g/mol. The van der Waals surface area contributed by atoms with Crippen LogP contribution < -0.4 is 0 Å². The van der Waals surface area contributed by atoms with Crippen molar-refractivity contribution in [1.29, 1.82) is 0 Å². The van der Waals surface area contributed by atoms with Gasteiger partial charge in [0, 0.05) is 12.6 Å². The van der Waals surface area contributed by atoms with Gasteiger partial charge in [-0.3, -0.25) is 9.08 Å². The number of hydrogen-bond donors (Lipinski definition) is 1. The topological polar surface area (TPSA) is 66.8 Å². The first kappa shape index (κ1) is 11.9. The van der Waals surface area contributed by atoms with Gasteiger partial charge in [0.2, 0.25) is 0 Å². The van der Waals surface area contributed by atoms with Crippen molar-refractivity contribution in [3.8, 4) is 0 Å². The SMILES string of the molecule is CN1CC(OS(C)(=O)=O)CCC1CO. The predicted octanol–water partition coefficient (Wildman–Crippen LogP) is -0.582. The molecule has 2 atom stereocenters. The summed E-state index contributed by atoms with van der Waals surface area (Å²) in [5.74, 6) is 0. The Kier molecular flexibility index (Phi) is 3.88. The number of aliphatic hydroxyl groups is 1. The Balaban J connectivity index is 2.47. The molecule has 0 aromatic rings. The molecule has 84 valence electrons. The van der Waals surface area contributed by atoms with Crippen molar-refractivity contribution in [2.45, 2.75) is 25.0 Å². The van der Waals surface area contributed by atoms with Crippen molar-refractivity contribution in [1.82, 2.24) is 4.90 Å². The van der Waals surface area contributed by atoms with E-state index in [-0.39, 0.29) is 18.8 Å². The van der Waals surface area contributed by atoms with Crippen molar-refractivity contribution < 1.29 is 17.7 Å². The average Bonchev–Trinajstić information content (AvgIpc) is 2.01. The van der Waals surface area contributed by atoms with E-state index < -0.39 is 10.1 Å². The Hall–Kier alpha value is -0.170. The van der Waals surface area contributed by atoms with Crippen LogP contribution in [0.1, 0.15) is 12.8 Å². The van der Waals surface area contributed by atoms with Crippen molar-refractivity contribution in [3.63, 3.8) is 0 Å². The molecule has 5 nitrogen and oxygen atoms in total. The van der Waals surface area contributed by atoms with Crippen molar-refractivity contribution in [3.05, 3.63) is 0 Å². The Bertz CT molecular complexity index is 277. The lowest BCUT2D eigenvalue weighted by atomic mass is 10.0. The van der Waals surface area contributed by atoms with Gasteiger partial charge in [-0.1, -0.05) is 0 Å². The van der Waals surface area contributed by atoms with E-state index in [0.29, 0.717) is 13.0 Å². The van der Waals surface area contributed by atoms with E-state index in [1.807, 2.05) is 11.9 Å². The van der Waals surface area contributed by atoms with E-state index in [9.17, 15) is 8.42 Å². The van der Waals surface area contributed by atoms with Gasteiger partial charge in [0.25, 0.3) is 10.1 Å². The Morgan fingerprint density at radius 2 is 2.14 bits per heavy atom. The Morgan fingerprint density at radius 1 is 1.50 bits per heavy atom. The fourth-order valence-corrected chi connectivity index (χ4v) is 2.37. The second-order valence-electron chi connectivity index (χ2n) is 3.78. The molecule has 0 aromatic heterocycles. The molecule has 1 heterocycles. The molecule has 0 spiro atoms. The Morgan fingerprint density at radius 3 is 2.57 bits per heavy atom. The highest BCUT2D eigenvalue weighted by Crippen LogP contribution is 2.18. The van der Waals surface area contributed by atoms with Gasteiger partial charge in [0.15, 0.2) is 0 Å². The van der Waals surface area contributed by atoms with E-state index in [2.05, 4.69) is 0 Å². The van der Waals surface area contributed by atoms with Gasteiger partial charge in [-0.2, -0.15) is 8.42 Å². The summed E-state index contributed by atoms with van der Waals surface area (Å²) < 4.78 is 26.6. The lowest BCUT2D eigenvalue weighted by Gasteiger charge is -2.35. The largest absolute Gasteiger partial charge is 0.395 e. The van der Waals surface area contributed by atoms with Crippen LogP contribution in [-0.2, 0) is 14.3 Å². The molecule has 0 aliphatic carbocycles. The van der Waals surface area contributed by atoms with Crippen LogP contribution >= 0.6 is 0 Å². The highest BCUT2D eigenvalue weighted by Gasteiger charge is 2.27. The first-order valence-corrected chi connectivity index (χ1v) is 6.43. The van der Waals surface area contributed by atoms with Gasteiger partial charge in [0.05, 0.1) is 19.0 Å². The van der Waals surface area contributed by atoms with E-state index in [1.165, 1.54) is 0 Å². The van der Waals surface area contributed by atoms with E-state index in [1.54, 1.807) is 0 Å². The van der Waals surface area contributed by atoms with Gasteiger partial charge in [-0.25, -0.2) is 0 Å². The van der Waals surface area contributed by atoms with Crippen LogP contribution in [0.2, 0.25) is 0 Å². The first-order valence-electron chi connectivity index (χ1n) is 4.61. The number of hydrogen-bond acceptors (Lipinski definition) is 5. The summed E-state index contributed by atoms with van der Waals surface area (Å²) in [5.41, 5.74) is 0. The van der Waals surface area contributed by atoms with Gasteiger partial charge in [-0.15, -0.1) is 0 Å². The lowest BCUT2D eigenvalue weighted by molar-refractivity contribution is 0.0453. The molecular formula is C8H17NO4S. The van der Waals surface area contributed by atoms with Crippen LogP contribution in [0.25, 0.3) is 0 Å². The number of aliphatic hydroxyl groups excluding tert-OH is 1. The standard InChI is InChI=1S/C8H17NO4S/c1-9-5-8(13-14(2,11)12)4-3-7(9)6-10/h7-8,10H,3-6H2,1-2H3. The molecule has 0 saturated carbocycles. The summed E-state index contributed by atoms with van der Waals surface area (Å²) in [4.78, 5) is 1.93. The van der Waals surface area contributed by atoms with Gasteiger partial charge in [0.1, 0.15) is 0 Å². The van der Waals surface area contributed by atoms with Crippen LogP contribution in [-0.4, -0.2) is 57.0 Å². The third-order valence-corrected chi connectivity index (χ3v) is 3.08. The maximum Gasteiger partial charge on any atom is 0.264 e. The van der Waals surface area contributed by atoms with E-state index in [0.717, 1.165) is 12.7 Å². The highest BCUT2D eigenvalue weighted by atomic mass is 32.2. The molecule has 0 bridgehead atoms. The van der Waals surface area contributed by atoms with Crippen molar-refractivity contribution in [2.75, 3.05) is 26.5 Å². The van der Waals surface area contributed by atoms with Crippen LogP contribution in [0.15, 0.2) is 0 Å². The molecule has 1 aliphatic heterocycles. The maximum atomic E-state index is 10.9. The molecule has 0 radical (unpaired) electrons. The minimum atomic E-state index is -3.36. The fraction of sp³-hybridized carbons (Fsp3) is 1.00. The van der Waals surface area contributed by atoms with Crippen LogP contribution in [0, 0.1) is 0 Å². The van der Waals surface area contributed by atoms with E-state index >= 15 is 0 Å². The van der Waals surface area contributed by atoms with Gasteiger partial charge < -0.3 is 5.11 Å². The number of nitrogens with zero attached hydrogens (tertiary/aromatic N) is 1. The number of likely N-dealkylation sites (tertiary alicyclic amines) is 1. The summed E-state index contributed by atoms with van der Waals surface area (Å²) in [5, 5.41) is 8.98. The van der Waals surface area contributed by atoms with Crippen LogP contribution in [0.3, 0.4) is 0 Å². The minimum absolute atomic E-state index is 0.113. The molecule has 1 N–H and O–H groups in total. The average molecular weight is 223 g/mol. The van der Waals surface area contributed by atoms with Crippen molar-refractivity contribution >= 4 is 10.1 Å². The molecule has 14 heavy (non-hydrogen) atoms. The zero-order chi connectivity index (χ0) is 10.8. The molecule has 6 heteroatoms. The first-order chi connectivity index (χ1) is 6.42. The van der Waals surface area contributed by atoms with Gasteiger partial charge in [-0.05, 0) is 19.9 Å². The van der Waals surface area contributed by atoms with Crippen LogP contribution in [0.5, 0.6) is 0 Å². The molecule has 0 aromatic carbocycles. The second kappa shape index (κ2) is 4.57. The minimum Gasteiger partial charge on any atom is -0.395 e. The molecular weight excluding hydrogens is 206 g/mol. The van der Waals surface area contributed by atoms with Crippen molar-refractivity contribution in [2.24, 2.45) is 0 Å². The Labute approximate surface area is 84.8 Å². The molecule has 1 aliphatic rings. The number of rotatable bonds is 3. The summed E-state index contributed by atoms with van der Waals surface area (Å²) >= 11 is 0. The molecule has 2 unspecified atom stereocenters. The van der Waals surface area contributed by atoms with Crippen LogP contribution in [0.4, 0.5) is 0 Å². The number of piperidine rings is 1. The summed E-state index contributed by atoms with van der Waals surface area (Å²) in [6, 6.07) is 0.134. The maximum absolute atomic E-state index is 10.9. The molecule has 1 fully saturated rings. The normalized spacial score (nSPS) is 30.5. The smallest absolute Gasteiger partial charge is 0.264 e. The summed E-state index contributed by atoms with van der Waals surface area (Å²) in [6.07, 6.45) is 2.25. The van der Waals surface area contributed by atoms with E-state index in [4.69, 9.17) is 9.29 Å². The molecule has 1 saturated heterocycles. The summed E-state index contributed by atoms with van der Waals surface area (Å²) in [7, 11) is -1.50. The zero-order valence-electron chi connectivity index (χ0n) is 8.51.